The third-order valence-electron chi connectivity index (χ3n) is 6.25. The maximum absolute atomic E-state index is 13.2. The van der Waals surface area contributed by atoms with E-state index in [0.29, 0.717) is 40.3 Å². The van der Waals surface area contributed by atoms with Crippen molar-refractivity contribution < 1.29 is 18.8 Å². The topological polar surface area (TPSA) is 131 Å². The van der Waals surface area contributed by atoms with Gasteiger partial charge >= 0.3 is 0 Å². The molecule has 3 aromatic rings. The molecular weight excluding hydrogens is 493 g/mol. The third kappa shape index (κ3) is 5.86. The van der Waals surface area contributed by atoms with Crippen molar-refractivity contribution in [2.45, 2.75) is 38.6 Å². The first-order valence-corrected chi connectivity index (χ1v) is 11.4. The number of anilines is 3. The summed E-state index contributed by atoms with van der Waals surface area (Å²) in [5.41, 5.74) is 7.11. The normalized spacial score (nSPS) is 17.3. The van der Waals surface area contributed by atoms with Crippen LogP contribution in [0.15, 0.2) is 40.9 Å². The molecular formula is C24H27Cl2N5O4. The maximum atomic E-state index is 13.2. The highest BCUT2D eigenvalue weighted by molar-refractivity contribution is 6.30. The lowest BCUT2D eigenvalue weighted by molar-refractivity contribution is -0.130. The van der Waals surface area contributed by atoms with Crippen molar-refractivity contribution in [3.05, 3.63) is 47.3 Å². The molecule has 0 bridgehead atoms. The number of nitrogens with two attached hydrogens (primary N) is 1. The van der Waals surface area contributed by atoms with Gasteiger partial charge in [-0.05, 0) is 56.0 Å². The predicted molar refractivity (Wildman–Crippen MR) is 138 cm³/mol. The highest BCUT2D eigenvalue weighted by atomic mass is 35.5. The molecule has 3 amide bonds. The summed E-state index contributed by atoms with van der Waals surface area (Å²) in [7, 11) is 1.79. The zero-order valence-corrected chi connectivity index (χ0v) is 20.9. The quantitative estimate of drug-likeness (QED) is 0.418. The Morgan fingerprint density at radius 3 is 2.46 bits per heavy atom. The molecule has 1 aromatic carbocycles. The molecule has 0 unspecified atom stereocenters. The number of rotatable bonds is 5. The van der Waals surface area contributed by atoms with Gasteiger partial charge in [0.2, 0.25) is 17.6 Å². The van der Waals surface area contributed by atoms with E-state index in [0.717, 1.165) is 12.8 Å². The number of carbonyl (C=O) groups excluding carboxylic acids is 3. The molecule has 0 atom stereocenters. The minimum atomic E-state index is -0.563. The number of nitrogens with zero attached hydrogens (tertiary/aromatic N) is 2. The Morgan fingerprint density at radius 1 is 1.11 bits per heavy atom. The zero-order valence-electron chi connectivity index (χ0n) is 19.3. The molecule has 35 heavy (non-hydrogen) atoms. The van der Waals surface area contributed by atoms with Crippen molar-refractivity contribution >= 4 is 69.9 Å². The smallest absolute Gasteiger partial charge is 0.294 e. The van der Waals surface area contributed by atoms with Crippen LogP contribution in [0.1, 0.15) is 43.2 Å². The van der Waals surface area contributed by atoms with Gasteiger partial charge in [0.25, 0.3) is 5.91 Å². The number of amides is 3. The number of nitrogens with one attached hydrogen (secondary N) is 2. The number of fused-ring (bicyclic) bond motifs is 1. The summed E-state index contributed by atoms with van der Waals surface area (Å²) in [6.45, 7) is 1.54. The number of carbonyl (C=O) groups is 3. The first kappa shape index (κ1) is 26.3. The van der Waals surface area contributed by atoms with Gasteiger partial charge in [0.05, 0.1) is 5.02 Å². The maximum Gasteiger partial charge on any atom is 0.294 e. The fraction of sp³-hybridized carbons (Fsp3) is 0.333. The number of benzene rings is 1. The minimum absolute atomic E-state index is 0. The van der Waals surface area contributed by atoms with Crippen LogP contribution in [0.25, 0.3) is 11.0 Å². The van der Waals surface area contributed by atoms with Crippen molar-refractivity contribution in [3.63, 3.8) is 0 Å². The summed E-state index contributed by atoms with van der Waals surface area (Å²) >= 11 is 5.86. The molecule has 186 valence electrons. The lowest BCUT2D eigenvalue weighted by Gasteiger charge is -2.33. The Bertz CT molecular complexity index is 1240. The van der Waals surface area contributed by atoms with Crippen LogP contribution < -0.4 is 16.4 Å². The van der Waals surface area contributed by atoms with E-state index in [1.54, 1.807) is 49.2 Å². The Hall–Kier alpha value is -3.30. The average Bonchev–Trinajstić information content (AvgIpc) is 3.17. The van der Waals surface area contributed by atoms with E-state index in [-0.39, 0.29) is 47.6 Å². The van der Waals surface area contributed by atoms with Crippen LogP contribution in [-0.2, 0) is 9.59 Å². The molecule has 1 aliphatic rings. The third-order valence-corrected chi connectivity index (χ3v) is 6.47. The molecule has 0 saturated heterocycles. The van der Waals surface area contributed by atoms with Gasteiger partial charge in [-0.1, -0.05) is 11.6 Å². The van der Waals surface area contributed by atoms with E-state index in [1.165, 1.54) is 6.20 Å². The molecule has 2 heterocycles. The van der Waals surface area contributed by atoms with Gasteiger partial charge in [0, 0.05) is 43.2 Å². The summed E-state index contributed by atoms with van der Waals surface area (Å²) < 4.78 is 5.79. The van der Waals surface area contributed by atoms with E-state index in [4.69, 9.17) is 21.8 Å². The monoisotopic (exact) mass is 519 g/mol. The first-order chi connectivity index (χ1) is 16.2. The molecule has 4 N–H and O–H groups in total. The Morgan fingerprint density at radius 2 is 1.83 bits per heavy atom. The standard InChI is InChI=1S/C24H26ClN5O4.ClH/c1-13(31)30(2)17-7-3-14(4-8-17)23(32)29-21-18-11-16(26)6-9-19(18)34-22(21)24(33)28-20-10-5-15(25)12-27-20;/h5-6,9-12,14,17H,3-4,7-8,26H2,1-2H3,(H,29,32)(H,27,28,33);1H/t14-,17-;. The summed E-state index contributed by atoms with van der Waals surface area (Å²) in [5.74, 6) is -0.743. The summed E-state index contributed by atoms with van der Waals surface area (Å²) in [4.78, 5) is 43.6. The van der Waals surface area contributed by atoms with E-state index >= 15 is 0 Å². The van der Waals surface area contributed by atoms with Gasteiger partial charge in [0.1, 0.15) is 17.1 Å². The molecule has 0 radical (unpaired) electrons. The second-order valence-electron chi connectivity index (χ2n) is 8.50. The molecule has 1 saturated carbocycles. The number of nitrogen functional groups attached to an aromatic ring is 1. The Kier molecular flexibility index (Phi) is 8.24. The van der Waals surface area contributed by atoms with Gasteiger partial charge in [-0.25, -0.2) is 4.98 Å². The SMILES string of the molecule is CC(=O)N(C)[C@H]1CC[C@H](C(=O)Nc2c(C(=O)Nc3ccc(Cl)cn3)oc3ccc(N)cc23)CC1.Cl. The van der Waals surface area contributed by atoms with Crippen LogP contribution in [-0.4, -0.2) is 40.7 Å². The van der Waals surface area contributed by atoms with Gasteiger partial charge in [0.15, 0.2) is 0 Å². The fourth-order valence-corrected chi connectivity index (χ4v) is 4.34. The number of hydrogen-bond acceptors (Lipinski definition) is 6. The van der Waals surface area contributed by atoms with Crippen LogP contribution >= 0.6 is 24.0 Å². The molecule has 2 aromatic heterocycles. The number of halogens is 2. The number of pyridine rings is 1. The molecule has 0 aliphatic heterocycles. The Balaban J connectivity index is 0.00000342. The van der Waals surface area contributed by atoms with Gasteiger partial charge in [-0.2, -0.15) is 0 Å². The van der Waals surface area contributed by atoms with E-state index < -0.39 is 5.91 Å². The minimum Gasteiger partial charge on any atom is -0.449 e. The van der Waals surface area contributed by atoms with Gasteiger partial charge in [-0.15, -0.1) is 12.4 Å². The number of hydrogen-bond donors (Lipinski definition) is 3. The summed E-state index contributed by atoms with van der Waals surface area (Å²) in [6, 6.07) is 8.27. The summed E-state index contributed by atoms with van der Waals surface area (Å²) in [5, 5.41) is 6.54. The van der Waals surface area contributed by atoms with Crippen molar-refractivity contribution in [1.82, 2.24) is 9.88 Å². The number of aromatic nitrogens is 1. The van der Waals surface area contributed by atoms with Crippen LogP contribution in [0, 0.1) is 5.92 Å². The van der Waals surface area contributed by atoms with E-state index in [2.05, 4.69) is 15.6 Å². The predicted octanol–water partition coefficient (Wildman–Crippen LogP) is 4.71. The number of furan rings is 1. The summed E-state index contributed by atoms with van der Waals surface area (Å²) in [6.07, 6.45) is 4.18. The second kappa shape index (κ2) is 11.0. The van der Waals surface area contributed by atoms with Crippen molar-refractivity contribution in [2.75, 3.05) is 23.4 Å². The molecule has 1 fully saturated rings. The fourth-order valence-electron chi connectivity index (χ4n) is 4.23. The van der Waals surface area contributed by atoms with E-state index in [1.807, 2.05) is 0 Å². The van der Waals surface area contributed by atoms with E-state index in [9.17, 15) is 14.4 Å². The van der Waals surface area contributed by atoms with Crippen LogP contribution in [0.3, 0.4) is 0 Å². The lowest BCUT2D eigenvalue weighted by Crippen LogP contribution is -2.40. The van der Waals surface area contributed by atoms with Crippen molar-refractivity contribution in [2.24, 2.45) is 5.92 Å². The second-order valence-corrected chi connectivity index (χ2v) is 8.94. The molecule has 4 rings (SSSR count). The van der Waals surface area contributed by atoms with Gasteiger partial charge < -0.3 is 25.7 Å². The molecule has 0 spiro atoms. The largest absolute Gasteiger partial charge is 0.449 e. The van der Waals surface area contributed by atoms with Crippen LogP contribution in [0.5, 0.6) is 0 Å². The Labute approximate surface area is 213 Å². The van der Waals surface area contributed by atoms with Gasteiger partial charge in [-0.3, -0.25) is 14.4 Å². The first-order valence-electron chi connectivity index (χ1n) is 11.0. The van der Waals surface area contributed by atoms with Crippen molar-refractivity contribution in [1.29, 1.82) is 0 Å². The molecule has 11 heteroatoms. The van der Waals surface area contributed by atoms with Crippen molar-refractivity contribution in [3.8, 4) is 0 Å². The lowest BCUT2D eigenvalue weighted by atomic mass is 9.84. The van der Waals surface area contributed by atoms with Crippen LogP contribution in [0.2, 0.25) is 5.02 Å². The zero-order chi connectivity index (χ0) is 24.4. The molecule has 9 nitrogen and oxygen atoms in total. The highest BCUT2D eigenvalue weighted by Gasteiger charge is 2.31. The molecule has 1 aliphatic carbocycles. The highest BCUT2D eigenvalue weighted by Crippen LogP contribution is 2.35. The average molecular weight is 520 g/mol. The van der Waals surface area contributed by atoms with Crippen LogP contribution in [0.4, 0.5) is 17.2 Å².